The molecule has 11 nitrogen and oxygen atoms in total. The van der Waals surface area contributed by atoms with E-state index in [9.17, 15) is 8.42 Å². The molecule has 1 aliphatic heterocycles. The minimum Gasteiger partial charge on any atom is -0.493 e. The molecule has 0 saturated carbocycles. The number of hydrogen-bond donors (Lipinski definition) is 0. The second kappa shape index (κ2) is 12.7. The number of fused-ring (bicyclic) bond motifs is 1. The van der Waals surface area contributed by atoms with Gasteiger partial charge in [-0.3, -0.25) is 4.98 Å². The van der Waals surface area contributed by atoms with Crippen LogP contribution in [0.15, 0.2) is 36.7 Å². The zero-order valence-electron chi connectivity index (χ0n) is 21.4. The molecule has 37 heavy (non-hydrogen) atoms. The monoisotopic (exact) mass is 551 g/mol. The normalized spacial score (nSPS) is 16.4. The Hall–Kier alpha value is -2.71. The predicted molar refractivity (Wildman–Crippen MR) is 145 cm³/mol. The molecule has 202 valence electrons. The smallest absolute Gasteiger partial charge is 0.242 e. The molecule has 0 spiro atoms. The SMILES string of the molecule is COc1cc(-c2cc3nccnc3c(OC[C@@H]3CN(S(C)(=O)=O)CCO3)n2)ccc1OCCN(C)C.S. The molecule has 1 atom stereocenters. The Kier molecular flexibility index (Phi) is 9.90. The average Bonchev–Trinajstić information content (AvgIpc) is 2.86. The molecule has 0 bridgehead atoms. The van der Waals surface area contributed by atoms with Crippen LogP contribution in [0, 0.1) is 0 Å². The van der Waals surface area contributed by atoms with Crippen molar-refractivity contribution in [2.45, 2.75) is 6.10 Å². The second-order valence-electron chi connectivity index (χ2n) is 8.68. The van der Waals surface area contributed by atoms with Crippen molar-refractivity contribution in [2.24, 2.45) is 0 Å². The molecule has 0 amide bonds. The summed E-state index contributed by atoms with van der Waals surface area (Å²) < 4.78 is 48.4. The zero-order chi connectivity index (χ0) is 25.7. The summed E-state index contributed by atoms with van der Waals surface area (Å²) >= 11 is 0. The highest BCUT2D eigenvalue weighted by Gasteiger charge is 2.27. The van der Waals surface area contributed by atoms with E-state index in [0.29, 0.717) is 53.9 Å². The van der Waals surface area contributed by atoms with Crippen molar-refractivity contribution in [1.82, 2.24) is 24.2 Å². The standard InChI is InChI=1S/C24H31N5O6S.H2S/c1-28(2)9-11-34-21-6-5-17(13-22(21)32-3)19-14-20-23(26-8-7-25-20)24(27-19)35-16-18-15-29(10-12-33-18)36(4,30)31;/h5-8,13-14,18H,9-12,15-16H2,1-4H3;1H2/t18-;/m0./s1. The van der Waals surface area contributed by atoms with Gasteiger partial charge in [-0.25, -0.2) is 18.4 Å². The van der Waals surface area contributed by atoms with Gasteiger partial charge in [0.05, 0.1) is 31.2 Å². The summed E-state index contributed by atoms with van der Waals surface area (Å²) in [6.45, 7) is 2.28. The molecule has 0 N–H and O–H groups in total. The highest BCUT2D eigenvalue weighted by atomic mass is 32.2. The van der Waals surface area contributed by atoms with Gasteiger partial charge in [-0.15, -0.1) is 0 Å². The number of benzene rings is 1. The molecular formula is C24H33N5O6S2. The summed E-state index contributed by atoms with van der Waals surface area (Å²) in [4.78, 5) is 15.5. The Balaban J connectivity index is 0.00000380. The topological polar surface area (TPSA) is 116 Å². The summed E-state index contributed by atoms with van der Waals surface area (Å²) in [7, 11) is 2.26. The Morgan fingerprint density at radius 1 is 1.14 bits per heavy atom. The van der Waals surface area contributed by atoms with Gasteiger partial charge in [-0.05, 0) is 38.4 Å². The Morgan fingerprint density at radius 2 is 1.92 bits per heavy atom. The summed E-state index contributed by atoms with van der Waals surface area (Å²) in [5, 5.41) is 0. The van der Waals surface area contributed by atoms with E-state index in [-0.39, 0.29) is 26.6 Å². The molecule has 0 radical (unpaired) electrons. The van der Waals surface area contributed by atoms with E-state index in [2.05, 4.69) is 9.97 Å². The van der Waals surface area contributed by atoms with Crippen LogP contribution in [0.5, 0.6) is 17.4 Å². The summed E-state index contributed by atoms with van der Waals surface area (Å²) in [6, 6.07) is 7.44. The van der Waals surface area contributed by atoms with E-state index in [0.717, 1.165) is 12.1 Å². The third kappa shape index (κ3) is 7.42. The van der Waals surface area contributed by atoms with Crippen LogP contribution in [0.3, 0.4) is 0 Å². The molecule has 13 heteroatoms. The number of ether oxygens (including phenoxy) is 4. The van der Waals surface area contributed by atoms with Gasteiger partial charge in [0, 0.05) is 37.6 Å². The molecule has 1 fully saturated rings. The first kappa shape index (κ1) is 28.9. The lowest BCUT2D eigenvalue weighted by Gasteiger charge is -2.30. The number of nitrogens with zero attached hydrogens (tertiary/aromatic N) is 5. The van der Waals surface area contributed by atoms with E-state index in [4.69, 9.17) is 23.9 Å². The number of pyridine rings is 1. The average molecular weight is 552 g/mol. The van der Waals surface area contributed by atoms with Gasteiger partial charge in [-0.2, -0.15) is 17.8 Å². The van der Waals surface area contributed by atoms with Gasteiger partial charge in [0.2, 0.25) is 15.9 Å². The molecule has 2 aromatic heterocycles. The number of morpholine rings is 1. The van der Waals surface area contributed by atoms with Crippen LogP contribution in [0.2, 0.25) is 0 Å². The Morgan fingerprint density at radius 3 is 2.65 bits per heavy atom. The van der Waals surface area contributed by atoms with Crippen molar-refractivity contribution in [1.29, 1.82) is 0 Å². The van der Waals surface area contributed by atoms with Crippen LogP contribution in [0.4, 0.5) is 0 Å². The lowest BCUT2D eigenvalue weighted by molar-refractivity contribution is -0.0252. The number of hydrogen-bond acceptors (Lipinski definition) is 10. The number of rotatable bonds is 10. The van der Waals surface area contributed by atoms with Crippen LogP contribution in [-0.2, 0) is 14.8 Å². The van der Waals surface area contributed by atoms with Crippen LogP contribution in [0.25, 0.3) is 22.3 Å². The van der Waals surface area contributed by atoms with Crippen molar-refractivity contribution in [3.05, 3.63) is 36.7 Å². The first-order chi connectivity index (χ1) is 17.2. The number of sulfonamides is 1. The number of methoxy groups -OCH3 is 1. The maximum atomic E-state index is 11.9. The van der Waals surface area contributed by atoms with E-state index < -0.39 is 16.1 Å². The summed E-state index contributed by atoms with van der Waals surface area (Å²) in [6.07, 6.45) is 3.94. The van der Waals surface area contributed by atoms with Crippen molar-refractivity contribution >= 4 is 34.6 Å². The van der Waals surface area contributed by atoms with Gasteiger partial charge < -0.3 is 23.8 Å². The van der Waals surface area contributed by atoms with E-state index in [1.54, 1.807) is 19.5 Å². The molecule has 4 rings (SSSR count). The number of likely N-dealkylation sites (N-methyl/N-ethyl adjacent to an activating group) is 1. The fraction of sp³-hybridized carbons (Fsp3) is 0.458. The van der Waals surface area contributed by atoms with Gasteiger partial charge in [0.1, 0.15) is 19.3 Å². The fourth-order valence-electron chi connectivity index (χ4n) is 3.74. The lowest BCUT2D eigenvalue weighted by Crippen LogP contribution is -2.47. The van der Waals surface area contributed by atoms with Gasteiger partial charge in [0.15, 0.2) is 17.0 Å². The van der Waals surface area contributed by atoms with E-state index in [1.807, 2.05) is 43.3 Å². The first-order valence-electron chi connectivity index (χ1n) is 11.5. The highest BCUT2D eigenvalue weighted by Crippen LogP contribution is 2.34. The zero-order valence-corrected chi connectivity index (χ0v) is 23.2. The minimum atomic E-state index is -3.30. The summed E-state index contributed by atoms with van der Waals surface area (Å²) in [5.74, 6) is 1.53. The van der Waals surface area contributed by atoms with E-state index >= 15 is 0 Å². The van der Waals surface area contributed by atoms with Gasteiger partial charge in [0.25, 0.3) is 0 Å². The third-order valence-electron chi connectivity index (χ3n) is 5.66. The number of aromatic nitrogens is 3. The highest BCUT2D eigenvalue weighted by molar-refractivity contribution is 7.88. The predicted octanol–water partition coefficient (Wildman–Crippen LogP) is 1.79. The largest absolute Gasteiger partial charge is 0.493 e. The van der Waals surface area contributed by atoms with E-state index in [1.165, 1.54) is 10.6 Å². The molecular weight excluding hydrogens is 518 g/mol. The lowest BCUT2D eigenvalue weighted by atomic mass is 10.1. The minimum absolute atomic E-state index is 0. The third-order valence-corrected chi connectivity index (χ3v) is 6.93. The molecule has 3 heterocycles. The fourth-order valence-corrected chi connectivity index (χ4v) is 4.59. The Labute approximate surface area is 224 Å². The molecule has 1 aromatic carbocycles. The molecule has 1 aliphatic rings. The quantitative estimate of drug-likeness (QED) is 0.369. The van der Waals surface area contributed by atoms with Crippen molar-refractivity contribution < 1.29 is 27.4 Å². The maximum Gasteiger partial charge on any atom is 0.242 e. The first-order valence-corrected chi connectivity index (χ1v) is 13.4. The van der Waals surface area contributed by atoms with Crippen LogP contribution < -0.4 is 14.2 Å². The van der Waals surface area contributed by atoms with Crippen LogP contribution in [0.1, 0.15) is 0 Å². The molecule has 0 unspecified atom stereocenters. The van der Waals surface area contributed by atoms with Crippen LogP contribution in [-0.4, -0.2) is 106 Å². The van der Waals surface area contributed by atoms with Crippen molar-refractivity contribution in [2.75, 3.05) is 66.9 Å². The Bertz CT molecular complexity index is 1310. The van der Waals surface area contributed by atoms with Gasteiger partial charge in [-0.1, -0.05) is 0 Å². The molecule has 1 saturated heterocycles. The molecule has 0 aliphatic carbocycles. The maximum absolute atomic E-state index is 11.9. The second-order valence-corrected chi connectivity index (χ2v) is 10.7. The van der Waals surface area contributed by atoms with Crippen molar-refractivity contribution in [3.8, 4) is 28.6 Å². The van der Waals surface area contributed by atoms with Gasteiger partial charge >= 0.3 is 0 Å². The van der Waals surface area contributed by atoms with Crippen LogP contribution >= 0.6 is 13.5 Å². The summed E-state index contributed by atoms with van der Waals surface area (Å²) in [5.41, 5.74) is 2.54. The molecule has 3 aromatic rings. The van der Waals surface area contributed by atoms with Crippen molar-refractivity contribution in [3.63, 3.8) is 0 Å².